The summed E-state index contributed by atoms with van der Waals surface area (Å²) in [6.07, 6.45) is 8.44. The summed E-state index contributed by atoms with van der Waals surface area (Å²) in [6, 6.07) is 6.30. The second kappa shape index (κ2) is 7.39. The molecule has 6 nitrogen and oxygen atoms in total. The van der Waals surface area contributed by atoms with E-state index in [4.69, 9.17) is 0 Å². The van der Waals surface area contributed by atoms with Gasteiger partial charge in [0, 0.05) is 19.3 Å². The summed E-state index contributed by atoms with van der Waals surface area (Å²) < 4.78 is 1.97. The largest absolute Gasteiger partial charge is 0.353 e. The van der Waals surface area contributed by atoms with Crippen LogP contribution in [0.4, 0.5) is 0 Å². The van der Waals surface area contributed by atoms with Gasteiger partial charge in [0.05, 0.1) is 6.54 Å². The summed E-state index contributed by atoms with van der Waals surface area (Å²) in [6.45, 7) is 0.588. The maximum atomic E-state index is 4.24. The normalized spacial score (nSPS) is 15.2. The minimum absolute atomic E-state index is 0. The molecule has 0 radical (unpaired) electrons. The number of pyridine rings is 1. The molecule has 0 bridgehead atoms. The van der Waals surface area contributed by atoms with E-state index < -0.39 is 0 Å². The van der Waals surface area contributed by atoms with Crippen LogP contribution in [-0.4, -0.2) is 33.6 Å². The van der Waals surface area contributed by atoms with Gasteiger partial charge in [0.15, 0.2) is 17.4 Å². The Morgan fingerprint density at radius 1 is 1.33 bits per heavy atom. The summed E-state index contributed by atoms with van der Waals surface area (Å²) >= 11 is 0. The lowest BCUT2D eigenvalue weighted by Gasteiger charge is -2.16. The van der Waals surface area contributed by atoms with Crippen molar-refractivity contribution in [1.82, 2.24) is 25.2 Å². The SMILES string of the molecule is CN=C(NCc1nnc2ccccn12)NC1CC=CC1.I. The van der Waals surface area contributed by atoms with Crippen LogP contribution in [0.1, 0.15) is 18.7 Å². The van der Waals surface area contributed by atoms with E-state index in [1.165, 1.54) is 0 Å². The highest BCUT2D eigenvalue weighted by Gasteiger charge is 2.12. The zero-order chi connectivity index (χ0) is 13.8. The number of rotatable bonds is 3. The first kappa shape index (κ1) is 15.7. The Balaban J connectivity index is 0.00000161. The van der Waals surface area contributed by atoms with Gasteiger partial charge in [-0.05, 0) is 25.0 Å². The van der Waals surface area contributed by atoms with Crippen LogP contribution in [0.25, 0.3) is 5.65 Å². The fourth-order valence-electron chi connectivity index (χ4n) is 2.30. The van der Waals surface area contributed by atoms with Gasteiger partial charge < -0.3 is 10.6 Å². The number of nitrogens with one attached hydrogen (secondary N) is 2. The van der Waals surface area contributed by atoms with E-state index in [1.54, 1.807) is 7.05 Å². The number of aromatic nitrogens is 3. The second-order valence-electron chi connectivity index (χ2n) is 4.75. The van der Waals surface area contributed by atoms with Gasteiger partial charge in [-0.25, -0.2) is 0 Å². The molecule has 1 aliphatic rings. The summed E-state index contributed by atoms with van der Waals surface area (Å²) in [5.74, 6) is 1.67. The second-order valence-corrected chi connectivity index (χ2v) is 4.75. The van der Waals surface area contributed by atoms with Gasteiger partial charge in [-0.1, -0.05) is 18.2 Å². The molecule has 3 rings (SSSR count). The lowest BCUT2D eigenvalue weighted by molar-refractivity contribution is 0.629. The molecule has 1 aliphatic carbocycles. The van der Waals surface area contributed by atoms with Gasteiger partial charge in [0.25, 0.3) is 0 Å². The van der Waals surface area contributed by atoms with Gasteiger partial charge >= 0.3 is 0 Å². The van der Waals surface area contributed by atoms with Crippen molar-refractivity contribution in [3.63, 3.8) is 0 Å². The molecular weight excluding hydrogens is 379 g/mol. The number of hydrogen-bond acceptors (Lipinski definition) is 3. The van der Waals surface area contributed by atoms with Crippen molar-refractivity contribution >= 4 is 35.6 Å². The van der Waals surface area contributed by atoms with Crippen LogP contribution in [0.3, 0.4) is 0 Å². The Hall–Kier alpha value is -1.64. The maximum Gasteiger partial charge on any atom is 0.191 e. The highest BCUT2D eigenvalue weighted by atomic mass is 127. The van der Waals surface area contributed by atoms with Crippen LogP contribution in [0.2, 0.25) is 0 Å². The van der Waals surface area contributed by atoms with E-state index in [0.29, 0.717) is 12.6 Å². The minimum Gasteiger partial charge on any atom is -0.353 e. The average Bonchev–Trinajstić information content (AvgIpc) is 3.13. The molecule has 0 spiro atoms. The molecule has 0 aromatic carbocycles. The lowest BCUT2D eigenvalue weighted by atomic mass is 10.2. The highest BCUT2D eigenvalue weighted by molar-refractivity contribution is 14.0. The van der Waals surface area contributed by atoms with Gasteiger partial charge in [-0.3, -0.25) is 9.39 Å². The standard InChI is InChI=1S/C14H18N6.HI/c1-15-14(17-11-6-2-3-7-11)16-10-13-19-18-12-8-4-5-9-20(12)13;/h2-5,8-9,11H,6-7,10H2,1H3,(H2,15,16,17);1H. The monoisotopic (exact) mass is 398 g/mol. The molecule has 0 unspecified atom stereocenters. The predicted molar refractivity (Wildman–Crippen MR) is 93.9 cm³/mol. The smallest absolute Gasteiger partial charge is 0.191 e. The van der Waals surface area contributed by atoms with Crippen LogP contribution in [-0.2, 0) is 6.54 Å². The Morgan fingerprint density at radius 3 is 2.90 bits per heavy atom. The Labute approximate surface area is 140 Å². The third-order valence-electron chi connectivity index (χ3n) is 3.37. The molecule has 112 valence electrons. The lowest BCUT2D eigenvalue weighted by Crippen LogP contribution is -2.42. The summed E-state index contributed by atoms with van der Waals surface area (Å²) in [5.41, 5.74) is 0.854. The van der Waals surface area contributed by atoms with E-state index in [1.807, 2.05) is 28.8 Å². The number of hydrogen-bond donors (Lipinski definition) is 2. The van der Waals surface area contributed by atoms with E-state index in [-0.39, 0.29) is 24.0 Å². The fourth-order valence-corrected chi connectivity index (χ4v) is 2.30. The average molecular weight is 398 g/mol. The molecular formula is C14H19IN6. The molecule has 2 aromatic heterocycles. The zero-order valence-corrected chi connectivity index (χ0v) is 14.2. The summed E-state index contributed by atoms with van der Waals surface area (Å²) in [5, 5.41) is 15.0. The molecule has 0 saturated carbocycles. The summed E-state index contributed by atoms with van der Waals surface area (Å²) in [4.78, 5) is 4.24. The fraction of sp³-hybridized carbons (Fsp3) is 0.357. The van der Waals surface area contributed by atoms with Crippen molar-refractivity contribution in [2.75, 3.05) is 7.05 Å². The van der Waals surface area contributed by atoms with Crippen molar-refractivity contribution in [1.29, 1.82) is 0 Å². The van der Waals surface area contributed by atoms with Gasteiger partial charge in [-0.15, -0.1) is 34.2 Å². The molecule has 0 fully saturated rings. The molecule has 2 aromatic rings. The van der Waals surface area contributed by atoms with Gasteiger partial charge in [0.1, 0.15) is 0 Å². The molecule has 2 heterocycles. The van der Waals surface area contributed by atoms with Crippen molar-refractivity contribution in [3.8, 4) is 0 Å². The molecule has 0 aliphatic heterocycles. The summed E-state index contributed by atoms with van der Waals surface area (Å²) in [7, 11) is 1.78. The van der Waals surface area contributed by atoms with Crippen LogP contribution in [0, 0.1) is 0 Å². The third kappa shape index (κ3) is 3.72. The highest BCUT2D eigenvalue weighted by Crippen LogP contribution is 2.08. The topological polar surface area (TPSA) is 66.6 Å². The minimum atomic E-state index is 0. The molecule has 7 heteroatoms. The van der Waals surface area contributed by atoms with E-state index in [2.05, 4.69) is 38.0 Å². The maximum absolute atomic E-state index is 4.24. The van der Waals surface area contributed by atoms with Crippen molar-refractivity contribution in [2.45, 2.75) is 25.4 Å². The van der Waals surface area contributed by atoms with E-state index >= 15 is 0 Å². The van der Waals surface area contributed by atoms with E-state index in [0.717, 1.165) is 30.3 Å². The number of guanidine groups is 1. The Morgan fingerprint density at radius 2 is 2.14 bits per heavy atom. The molecule has 0 amide bonds. The first-order valence-electron chi connectivity index (χ1n) is 6.77. The van der Waals surface area contributed by atoms with Crippen LogP contribution < -0.4 is 10.6 Å². The number of fused-ring (bicyclic) bond motifs is 1. The van der Waals surface area contributed by atoms with Crippen LogP contribution >= 0.6 is 24.0 Å². The van der Waals surface area contributed by atoms with Crippen molar-refractivity contribution in [3.05, 3.63) is 42.4 Å². The van der Waals surface area contributed by atoms with Gasteiger partial charge in [-0.2, -0.15) is 0 Å². The first-order chi connectivity index (χ1) is 9.86. The van der Waals surface area contributed by atoms with Crippen LogP contribution in [0.15, 0.2) is 41.5 Å². The van der Waals surface area contributed by atoms with Crippen molar-refractivity contribution < 1.29 is 0 Å². The number of aliphatic imine (C=N–C) groups is 1. The molecule has 0 atom stereocenters. The van der Waals surface area contributed by atoms with Gasteiger partial charge in [0.2, 0.25) is 0 Å². The number of nitrogens with zero attached hydrogens (tertiary/aromatic N) is 4. The third-order valence-corrected chi connectivity index (χ3v) is 3.37. The first-order valence-corrected chi connectivity index (χ1v) is 6.77. The molecule has 2 N–H and O–H groups in total. The van der Waals surface area contributed by atoms with Crippen molar-refractivity contribution in [2.24, 2.45) is 4.99 Å². The molecule has 0 saturated heterocycles. The van der Waals surface area contributed by atoms with Crippen LogP contribution in [0.5, 0.6) is 0 Å². The zero-order valence-electron chi connectivity index (χ0n) is 11.9. The van der Waals surface area contributed by atoms with E-state index in [9.17, 15) is 0 Å². The Kier molecular flexibility index (Phi) is 5.54. The number of halogens is 1. The quantitative estimate of drug-likeness (QED) is 0.358. The predicted octanol–water partition coefficient (Wildman–Crippen LogP) is 1.73. The Bertz CT molecular complexity index is 640. The molecule has 21 heavy (non-hydrogen) atoms.